The highest BCUT2D eigenvalue weighted by atomic mass is 16.5. The maximum Gasteiger partial charge on any atom is 0.137 e. The molecule has 0 aromatic carbocycles. The van der Waals surface area contributed by atoms with Gasteiger partial charge in [0.1, 0.15) is 17.6 Å². The highest BCUT2D eigenvalue weighted by Crippen LogP contribution is 2.31. The fraction of sp³-hybridized carbons (Fsp3) is 0.316. The second kappa shape index (κ2) is 6.44. The van der Waals surface area contributed by atoms with Crippen LogP contribution in [0.15, 0.2) is 36.8 Å². The smallest absolute Gasteiger partial charge is 0.137 e. The lowest BCUT2D eigenvalue weighted by atomic mass is 10.0. The summed E-state index contributed by atoms with van der Waals surface area (Å²) in [6.45, 7) is 2.13. The summed E-state index contributed by atoms with van der Waals surface area (Å²) in [5, 5.41) is 13.6. The van der Waals surface area contributed by atoms with Gasteiger partial charge in [0.05, 0.1) is 30.6 Å². The van der Waals surface area contributed by atoms with Gasteiger partial charge in [0.25, 0.3) is 0 Å². The molecule has 1 aliphatic rings. The predicted molar refractivity (Wildman–Crippen MR) is 95.8 cm³/mol. The van der Waals surface area contributed by atoms with E-state index in [1.807, 2.05) is 12.3 Å². The Morgan fingerprint density at radius 2 is 2.00 bits per heavy atom. The number of methoxy groups -OCH3 is 1. The van der Waals surface area contributed by atoms with E-state index in [0.717, 1.165) is 35.6 Å². The number of piperidine rings is 1. The normalized spacial score (nSPS) is 14.5. The lowest BCUT2D eigenvalue weighted by molar-refractivity contribution is 0.412. The molecule has 4 heterocycles. The summed E-state index contributed by atoms with van der Waals surface area (Å²) >= 11 is 0. The minimum absolute atomic E-state index is 0.540. The van der Waals surface area contributed by atoms with Crippen molar-refractivity contribution in [3.8, 4) is 22.9 Å². The Morgan fingerprint density at radius 1 is 1.16 bits per heavy atom. The molecule has 1 fully saturated rings. The van der Waals surface area contributed by atoms with Crippen molar-refractivity contribution in [3.63, 3.8) is 0 Å². The van der Waals surface area contributed by atoms with E-state index in [1.54, 1.807) is 24.0 Å². The van der Waals surface area contributed by atoms with Crippen LogP contribution in [0.3, 0.4) is 0 Å². The molecule has 1 saturated heterocycles. The van der Waals surface area contributed by atoms with Crippen LogP contribution in [0.25, 0.3) is 16.6 Å². The molecule has 0 amide bonds. The summed E-state index contributed by atoms with van der Waals surface area (Å²) in [6, 6.07) is 8.24. The van der Waals surface area contributed by atoms with Crippen LogP contribution in [0.1, 0.15) is 24.8 Å². The summed E-state index contributed by atoms with van der Waals surface area (Å²) in [5.74, 6) is 1.70. The summed E-state index contributed by atoms with van der Waals surface area (Å²) in [5.41, 5.74) is 3.15. The first-order chi connectivity index (χ1) is 12.3. The van der Waals surface area contributed by atoms with Crippen molar-refractivity contribution in [1.29, 1.82) is 5.26 Å². The van der Waals surface area contributed by atoms with E-state index in [-0.39, 0.29) is 0 Å². The Bertz CT molecular complexity index is 933. The largest absolute Gasteiger partial charge is 0.495 e. The first-order valence-corrected chi connectivity index (χ1v) is 8.47. The van der Waals surface area contributed by atoms with Crippen LogP contribution >= 0.6 is 0 Å². The Balaban J connectivity index is 1.78. The molecule has 0 unspecified atom stereocenters. The Labute approximate surface area is 146 Å². The molecule has 25 heavy (non-hydrogen) atoms. The zero-order chi connectivity index (χ0) is 17.2. The van der Waals surface area contributed by atoms with E-state index in [4.69, 9.17) is 4.74 Å². The van der Waals surface area contributed by atoms with Crippen molar-refractivity contribution in [2.75, 3.05) is 25.1 Å². The van der Waals surface area contributed by atoms with E-state index < -0.39 is 0 Å². The van der Waals surface area contributed by atoms with Crippen molar-refractivity contribution in [3.05, 3.63) is 42.4 Å². The SMILES string of the molecule is COc1cc(-c2ccc(N3CCCCC3)nc2)c2c(C#N)cnn2c1. The Hall–Kier alpha value is -3.07. The molecule has 6 nitrogen and oxygen atoms in total. The van der Waals surface area contributed by atoms with Gasteiger partial charge in [-0.15, -0.1) is 0 Å². The minimum Gasteiger partial charge on any atom is -0.495 e. The van der Waals surface area contributed by atoms with Gasteiger partial charge in [-0.2, -0.15) is 10.4 Å². The molecular weight excluding hydrogens is 314 g/mol. The molecule has 1 aliphatic heterocycles. The van der Waals surface area contributed by atoms with E-state index in [9.17, 15) is 5.26 Å². The number of ether oxygens (including phenoxy) is 1. The van der Waals surface area contributed by atoms with Crippen molar-refractivity contribution in [1.82, 2.24) is 14.6 Å². The number of pyridine rings is 2. The quantitative estimate of drug-likeness (QED) is 0.736. The van der Waals surface area contributed by atoms with E-state index in [2.05, 4.69) is 33.2 Å². The van der Waals surface area contributed by atoms with Gasteiger partial charge in [0, 0.05) is 30.4 Å². The zero-order valence-corrected chi connectivity index (χ0v) is 14.1. The van der Waals surface area contributed by atoms with Crippen LogP contribution in [-0.4, -0.2) is 34.8 Å². The van der Waals surface area contributed by atoms with Crippen molar-refractivity contribution in [2.45, 2.75) is 19.3 Å². The van der Waals surface area contributed by atoms with E-state index >= 15 is 0 Å². The number of aromatic nitrogens is 3. The molecule has 6 heteroatoms. The molecule has 0 saturated carbocycles. The van der Waals surface area contributed by atoms with Gasteiger partial charge in [-0.25, -0.2) is 9.50 Å². The van der Waals surface area contributed by atoms with Gasteiger partial charge in [-0.05, 0) is 37.5 Å². The van der Waals surface area contributed by atoms with Crippen molar-refractivity contribution in [2.24, 2.45) is 0 Å². The molecular formula is C19H19N5O. The number of rotatable bonds is 3. The van der Waals surface area contributed by atoms with Crippen LogP contribution in [0, 0.1) is 11.3 Å². The highest BCUT2D eigenvalue weighted by molar-refractivity contribution is 5.85. The van der Waals surface area contributed by atoms with Gasteiger partial charge >= 0.3 is 0 Å². The predicted octanol–water partition coefficient (Wildman–Crippen LogP) is 3.27. The lowest BCUT2D eigenvalue weighted by Gasteiger charge is -2.27. The minimum atomic E-state index is 0.540. The van der Waals surface area contributed by atoms with Gasteiger partial charge in [0.2, 0.25) is 0 Å². The molecule has 0 bridgehead atoms. The van der Waals surface area contributed by atoms with Crippen LogP contribution in [-0.2, 0) is 0 Å². The average molecular weight is 333 g/mol. The number of nitriles is 1. The molecule has 3 aromatic rings. The maximum atomic E-state index is 9.38. The van der Waals surface area contributed by atoms with E-state index in [0.29, 0.717) is 11.3 Å². The molecule has 126 valence electrons. The third kappa shape index (κ3) is 2.78. The third-order valence-electron chi connectivity index (χ3n) is 4.68. The summed E-state index contributed by atoms with van der Waals surface area (Å²) in [6.07, 6.45) is 8.97. The van der Waals surface area contributed by atoms with Gasteiger partial charge in [-0.1, -0.05) is 0 Å². The van der Waals surface area contributed by atoms with Crippen LogP contribution < -0.4 is 9.64 Å². The summed E-state index contributed by atoms with van der Waals surface area (Å²) in [7, 11) is 1.62. The number of fused-ring (bicyclic) bond motifs is 1. The first kappa shape index (κ1) is 15.5. The second-order valence-corrected chi connectivity index (χ2v) is 6.21. The molecule has 0 aliphatic carbocycles. The number of nitrogens with zero attached hydrogens (tertiary/aromatic N) is 5. The van der Waals surface area contributed by atoms with Crippen LogP contribution in [0.5, 0.6) is 5.75 Å². The molecule has 0 spiro atoms. The third-order valence-corrected chi connectivity index (χ3v) is 4.68. The molecule has 0 atom stereocenters. The molecule has 0 radical (unpaired) electrons. The van der Waals surface area contributed by atoms with Gasteiger partial charge < -0.3 is 9.64 Å². The van der Waals surface area contributed by atoms with Crippen molar-refractivity contribution < 1.29 is 4.74 Å². The fourth-order valence-electron chi connectivity index (χ4n) is 3.37. The topological polar surface area (TPSA) is 66.5 Å². The van der Waals surface area contributed by atoms with Crippen LogP contribution in [0.2, 0.25) is 0 Å². The number of anilines is 1. The highest BCUT2D eigenvalue weighted by Gasteiger charge is 2.15. The monoisotopic (exact) mass is 333 g/mol. The summed E-state index contributed by atoms with van der Waals surface area (Å²) in [4.78, 5) is 6.98. The number of hydrogen-bond acceptors (Lipinski definition) is 5. The standard InChI is InChI=1S/C19H19N5O/c1-25-16-9-17(19-15(10-20)12-22-24(19)13-16)14-5-6-18(21-11-14)23-7-3-2-4-8-23/h5-6,9,11-13H,2-4,7-8H2,1H3. The Morgan fingerprint density at radius 3 is 2.68 bits per heavy atom. The van der Waals surface area contributed by atoms with Gasteiger partial charge in [0.15, 0.2) is 0 Å². The molecule has 0 N–H and O–H groups in total. The first-order valence-electron chi connectivity index (χ1n) is 8.47. The number of hydrogen-bond donors (Lipinski definition) is 0. The Kier molecular flexibility index (Phi) is 3.98. The van der Waals surface area contributed by atoms with Gasteiger partial charge in [-0.3, -0.25) is 0 Å². The lowest BCUT2D eigenvalue weighted by Crippen LogP contribution is -2.29. The second-order valence-electron chi connectivity index (χ2n) is 6.21. The molecule has 3 aromatic heterocycles. The van der Waals surface area contributed by atoms with Crippen LogP contribution in [0.4, 0.5) is 5.82 Å². The fourth-order valence-corrected chi connectivity index (χ4v) is 3.37. The van der Waals surface area contributed by atoms with E-state index in [1.165, 1.54) is 19.3 Å². The maximum absolute atomic E-state index is 9.38. The molecule has 4 rings (SSSR count). The average Bonchev–Trinajstić information content (AvgIpc) is 3.11. The summed E-state index contributed by atoms with van der Waals surface area (Å²) < 4.78 is 7.06. The van der Waals surface area contributed by atoms with Crippen molar-refractivity contribution >= 4 is 11.3 Å². The zero-order valence-electron chi connectivity index (χ0n) is 14.1.